The van der Waals surface area contributed by atoms with Crippen molar-refractivity contribution < 1.29 is 0 Å². The Bertz CT molecular complexity index is 1140. The molecule has 0 radical (unpaired) electrons. The summed E-state index contributed by atoms with van der Waals surface area (Å²) in [7, 11) is 0. The Morgan fingerprint density at radius 1 is 0.962 bits per heavy atom. The maximum Gasteiger partial charge on any atom is 0.185 e. The van der Waals surface area contributed by atoms with Gasteiger partial charge in [0.05, 0.1) is 0 Å². The molecule has 2 aliphatic rings. The van der Waals surface area contributed by atoms with Crippen LogP contribution in [0.1, 0.15) is 35.8 Å². The van der Waals surface area contributed by atoms with E-state index in [0.717, 1.165) is 47.6 Å². The minimum Gasteiger partial charge on any atom is -0.350 e. The Labute approximate surface area is 150 Å². The van der Waals surface area contributed by atoms with E-state index in [0.29, 0.717) is 5.92 Å². The first-order valence-corrected chi connectivity index (χ1v) is 9.20. The number of anilines is 1. The molecule has 0 atom stereocenters. The van der Waals surface area contributed by atoms with Crippen molar-refractivity contribution in [3.63, 3.8) is 0 Å². The van der Waals surface area contributed by atoms with E-state index in [1.165, 1.54) is 24.1 Å². The Hall–Kier alpha value is -3.02. The van der Waals surface area contributed by atoms with E-state index in [4.69, 9.17) is 5.10 Å². The number of aromatic nitrogens is 5. The van der Waals surface area contributed by atoms with Gasteiger partial charge in [0.1, 0.15) is 0 Å². The smallest absolute Gasteiger partial charge is 0.185 e. The first kappa shape index (κ1) is 14.2. The van der Waals surface area contributed by atoms with Gasteiger partial charge in [-0.3, -0.25) is 4.98 Å². The fourth-order valence-corrected chi connectivity index (χ4v) is 3.96. The van der Waals surface area contributed by atoms with Gasteiger partial charge in [0.15, 0.2) is 17.3 Å². The second-order valence-corrected chi connectivity index (χ2v) is 7.22. The van der Waals surface area contributed by atoms with Crippen LogP contribution < -0.4 is 4.90 Å². The molecule has 0 unspecified atom stereocenters. The first-order valence-electron chi connectivity index (χ1n) is 9.20. The fourth-order valence-electron chi connectivity index (χ4n) is 3.96. The van der Waals surface area contributed by atoms with Crippen molar-refractivity contribution in [1.29, 1.82) is 0 Å². The van der Waals surface area contributed by atoms with Gasteiger partial charge in [-0.05, 0) is 24.5 Å². The van der Waals surface area contributed by atoms with E-state index in [2.05, 4.69) is 50.4 Å². The third-order valence-corrected chi connectivity index (χ3v) is 5.47. The number of hydrogen-bond donors (Lipinski definition) is 0. The van der Waals surface area contributed by atoms with Crippen molar-refractivity contribution >= 4 is 22.2 Å². The summed E-state index contributed by atoms with van der Waals surface area (Å²) in [6.45, 7) is 1.76. The lowest BCUT2D eigenvalue weighted by Gasteiger charge is -2.29. The van der Waals surface area contributed by atoms with Gasteiger partial charge in [-0.1, -0.05) is 30.3 Å². The predicted octanol–water partition coefficient (Wildman–Crippen LogP) is 3.11. The second kappa shape index (κ2) is 5.24. The molecule has 128 valence electrons. The van der Waals surface area contributed by atoms with Gasteiger partial charge >= 0.3 is 0 Å². The lowest BCUT2D eigenvalue weighted by atomic mass is 10.0. The topological polar surface area (TPSA) is 59.2 Å². The van der Waals surface area contributed by atoms with Crippen LogP contribution in [0.25, 0.3) is 16.4 Å². The third-order valence-electron chi connectivity index (χ3n) is 5.47. The zero-order valence-corrected chi connectivity index (χ0v) is 14.3. The maximum atomic E-state index is 5.02. The lowest BCUT2D eigenvalue weighted by molar-refractivity contribution is 0.691. The quantitative estimate of drug-likeness (QED) is 0.560. The summed E-state index contributed by atoms with van der Waals surface area (Å²) in [4.78, 5) is 6.89. The minimum absolute atomic E-state index is 0.512. The van der Waals surface area contributed by atoms with Gasteiger partial charge in [0, 0.05) is 48.1 Å². The summed E-state index contributed by atoms with van der Waals surface area (Å²) in [6.07, 6.45) is 5.20. The van der Waals surface area contributed by atoms with Crippen molar-refractivity contribution in [3.05, 3.63) is 59.7 Å². The van der Waals surface area contributed by atoms with Crippen molar-refractivity contribution in [1.82, 2.24) is 24.8 Å². The van der Waals surface area contributed by atoms with Gasteiger partial charge < -0.3 is 4.90 Å². The van der Waals surface area contributed by atoms with Crippen LogP contribution in [0.2, 0.25) is 0 Å². The number of benzene rings is 1. The van der Waals surface area contributed by atoms with Crippen LogP contribution in [-0.2, 0) is 13.0 Å². The molecule has 6 heteroatoms. The van der Waals surface area contributed by atoms with E-state index < -0.39 is 0 Å². The molecule has 0 N–H and O–H groups in total. The molecule has 26 heavy (non-hydrogen) atoms. The molecule has 4 heterocycles. The van der Waals surface area contributed by atoms with Gasteiger partial charge in [0.2, 0.25) is 0 Å². The van der Waals surface area contributed by atoms with E-state index in [1.807, 2.05) is 16.8 Å². The van der Waals surface area contributed by atoms with Crippen LogP contribution in [0.15, 0.2) is 42.6 Å². The van der Waals surface area contributed by atoms with E-state index in [1.54, 1.807) is 0 Å². The van der Waals surface area contributed by atoms with Crippen LogP contribution >= 0.6 is 0 Å². The number of fused-ring (bicyclic) bond motifs is 4. The molecule has 1 aliphatic heterocycles. The van der Waals surface area contributed by atoms with E-state index >= 15 is 0 Å². The average molecular weight is 342 g/mol. The fraction of sp³-hybridized carbons (Fsp3) is 0.300. The van der Waals surface area contributed by atoms with E-state index in [9.17, 15) is 0 Å². The maximum absolute atomic E-state index is 5.02. The number of nitrogens with zero attached hydrogens (tertiary/aromatic N) is 6. The third kappa shape index (κ3) is 2.05. The van der Waals surface area contributed by atoms with Crippen LogP contribution in [0.4, 0.5) is 5.82 Å². The molecule has 6 nitrogen and oxygen atoms in total. The van der Waals surface area contributed by atoms with E-state index in [-0.39, 0.29) is 0 Å². The SMILES string of the molecule is c1cnc2c(c1)CN(c1nn3c(C4CC4)nnc3c3ccccc13)CC2. The average Bonchev–Trinajstić information content (AvgIpc) is 3.45. The van der Waals surface area contributed by atoms with Crippen molar-refractivity contribution in [2.24, 2.45) is 0 Å². The van der Waals surface area contributed by atoms with Crippen molar-refractivity contribution in [2.45, 2.75) is 31.7 Å². The summed E-state index contributed by atoms with van der Waals surface area (Å²) >= 11 is 0. The zero-order valence-electron chi connectivity index (χ0n) is 14.3. The minimum atomic E-state index is 0.512. The largest absolute Gasteiger partial charge is 0.350 e. The molecule has 0 amide bonds. The lowest BCUT2D eigenvalue weighted by Crippen LogP contribution is -2.32. The molecule has 1 saturated carbocycles. The summed E-state index contributed by atoms with van der Waals surface area (Å²) < 4.78 is 1.98. The molecule has 6 rings (SSSR count). The number of pyridine rings is 1. The molecule has 0 bridgehead atoms. The van der Waals surface area contributed by atoms with Crippen molar-refractivity contribution in [2.75, 3.05) is 11.4 Å². The second-order valence-electron chi connectivity index (χ2n) is 7.22. The zero-order chi connectivity index (χ0) is 17.1. The first-order chi connectivity index (χ1) is 12.9. The standard InChI is InChI=1S/C20H18N6/c1-2-6-16-15(5-1)19-23-22-18(13-7-8-13)26(19)24-20(16)25-11-9-17-14(12-25)4-3-10-21-17/h1-6,10,13H,7-9,11-12H2. The van der Waals surface area contributed by atoms with Gasteiger partial charge in [-0.2, -0.15) is 4.52 Å². The molecule has 0 spiro atoms. The summed E-state index contributed by atoms with van der Waals surface area (Å²) in [5.41, 5.74) is 3.36. The number of hydrogen-bond acceptors (Lipinski definition) is 5. The van der Waals surface area contributed by atoms with Gasteiger partial charge in [-0.15, -0.1) is 15.3 Å². The highest BCUT2D eigenvalue weighted by atomic mass is 15.4. The van der Waals surface area contributed by atoms with Crippen molar-refractivity contribution in [3.8, 4) is 0 Å². The molecule has 0 saturated heterocycles. The molecule has 1 fully saturated rings. The molecule has 1 aliphatic carbocycles. The monoisotopic (exact) mass is 342 g/mol. The van der Waals surface area contributed by atoms with Crippen LogP contribution in [0.3, 0.4) is 0 Å². The molecule has 4 aromatic rings. The molecule has 3 aromatic heterocycles. The highest BCUT2D eigenvalue weighted by Gasteiger charge is 2.30. The van der Waals surface area contributed by atoms with Crippen LogP contribution in [-0.4, -0.2) is 31.3 Å². The van der Waals surface area contributed by atoms with Gasteiger partial charge in [0.25, 0.3) is 0 Å². The number of rotatable bonds is 2. The highest BCUT2D eigenvalue weighted by molar-refractivity contribution is 6.00. The molecular formula is C20H18N6. The van der Waals surface area contributed by atoms with Crippen LogP contribution in [0, 0.1) is 0 Å². The molecular weight excluding hydrogens is 324 g/mol. The Balaban J connectivity index is 1.56. The summed E-state index contributed by atoms with van der Waals surface area (Å²) in [5, 5.41) is 16.2. The highest BCUT2D eigenvalue weighted by Crippen LogP contribution is 2.40. The Morgan fingerprint density at radius 2 is 1.85 bits per heavy atom. The Kier molecular flexibility index (Phi) is 2.86. The normalized spacial score (nSPS) is 17.0. The predicted molar refractivity (Wildman–Crippen MR) is 99.3 cm³/mol. The summed E-state index contributed by atoms with van der Waals surface area (Å²) in [5.74, 6) is 2.54. The molecule has 1 aromatic carbocycles. The van der Waals surface area contributed by atoms with Gasteiger partial charge in [-0.25, -0.2) is 0 Å². The summed E-state index contributed by atoms with van der Waals surface area (Å²) in [6, 6.07) is 12.6. The Morgan fingerprint density at radius 3 is 2.73 bits per heavy atom. The van der Waals surface area contributed by atoms with Crippen LogP contribution in [0.5, 0.6) is 0 Å².